The number of benzene rings is 2. The van der Waals surface area contributed by atoms with Crippen molar-refractivity contribution < 1.29 is 4.79 Å². The summed E-state index contributed by atoms with van der Waals surface area (Å²) in [6, 6.07) is 18.9. The van der Waals surface area contributed by atoms with Crippen LogP contribution in [0.15, 0.2) is 60.7 Å². The van der Waals surface area contributed by atoms with Gasteiger partial charge in [-0.1, -0.05) is 36.4 Å². The molecule has 0 unspecified atom stereocenters. The van der Waals surface area contributed by atoms with Crippen LogP contribution in [0.25, 0.3) is 16.7 Å². The van der Waals surface area contributed by atoms with Gasteiger partial charge >= 0.3 is 6.03 Å². The summed E-state index contributed by atoms with van der Waals surface area (Å²) in [5, 5.41) is 11.3. The first-order chi connectivity index (χ1) is 13.5. The van der Waals surface area contributed by atoms with Crippen LogP contribution in [0.5, 0.6) is 0 Å². The largest absolute Gasteiger partial charge is 0.324 e. The van der Waals surface area contributed by atoms with Gasteiger partial charge in [0.25, 0.3) is 0 Å². The minimum Gasteiger partial charge on any atom is -0.308 e. The molecule has 0 fully saturated rings. The van der Waals surface area contributed by atoms with Gasteiger partial charge in [0.05, 0.1) is 11.2 Å². The van der Waals surface area contributed by atoms with E-state index in [1.807, 2.05) is 68.4 Å². The number of carbonyl (C=O) groups excluding carboxylic acids is 1. The number of pyridine rings is 1. The zero-order valence-corrected chi connectivity index (χ0v) is 16.0. The number of anilines is 2. The number of hydrogen-bond donors (Lipinski definition) is 2. The number of urea groups is 1. The molecule has 28 heavy (non-hydrogen) atoms. The van der Waals surface area contributed by atoms with Crippen molar-refractivity contribution in [2.24, 2.45) is 0 Å². The molecule has 6 heteroatoms. The summed E-state index contributed by atoms with van der Waals surface area (Å²) in [4.78, 5) is 17.2. The third-order valence-corrected chi connectivity index (χ3v) is 4.56. The van der Waals surface area contributed by atoms with Crippen molar-refractivity contribution in [3.05, 3.63) is 77.5 Å². The quantitative estimate of drug-likeness (QED) is 0.533. The summed E-state index contributed by atoms with van der Waals surface area (Å²) >= 11 is 0. The lowest BCUT2D eigenvalue weighted by atomic mass is 10.1. The van der Waals surface area contributed by atoms with Crippen molar-refractivity contribution in [1.29, 1.82) is 0 Å². The summed E-state index contributed by atoms with van der Waals surface area (Å²) in [5.41, 5.74) is 4.65. The van der Waals surface area contributed by atoms with E-state index in [0.717, 1.165) is 33.4 Å². The molecule has 6 nitrogen and oxygen atoms in total. The average Bonchev–Trinajstić information content (AvgIpc) is 3.03. The highest BCUT2D eigenvalue weighted by molar-refractivity contribution is 5.99. The third kappa shape index (κ3) is 3.44. The molecule has 140 valence electrons. The SMILES string of the molecule is Cc1cc(NC(=O)Nc2ccccc2)n(-c2cc(C)c3cccc(C)c3n2)n1. The number of amides is 2. The van der Waals surface area contributed by atoms with Gasteiger partial charge in [-0.15, -0.1) is 0 Å². The number of para-hydroxylation sites is 2. The molecule has 2 heterocycles. The lowest BCUT2D eigenvalue weighted by Gasteiger charge is -2.12. The fourth-order valence-corrected chi connectivity index (χ4v) is 3.22. The maximum atomic E-state index is 12.4. The number of carbonyl (C=O) groups is 1. The van der Waals surface area contributed by atoms with E-state index >= 15 is 0 Å². The van der Waals surface area contributed by atoms with E-state index in [9.17, 15) is 4.79 Å². The van der Waals surface area contributed by atoms with Crippen molar-refractivity contribution in [1.82, 2.24) is 14.8 Å². The minimum absolute atomic E-state index is 0.332. The van der Waals surface area contributed by atoms with Gasteiger partial charge in [0.2, 0.25) is 0 Å². The molecule has 2 N–H and O–H groups in total. The van der Waals surface area contributed by atoms with Crippen molar-refractivity contribution in [3.63, 3.8) is 0 Å². The second-order valence-corrected chi connectivity index (χ2v) is 6.80. The maximum absolute atomic E-state index is 12.4. The molecule has 0 aliphatic rings. The summed E-state index contributed by atoms with van der Waals surface area (Å²) in [7, 11) is 0. The van der Waals surface area contributed by atoms with E-state index in [2.05, 4.69) is 28.7 Å². The molecule has 4 rings (SSSR count). The van der Waals surface area contributed by atoms with Crippen LogP contribution >= 0.6 is 0 Å². The first-order valence-corrected chi connectivity index (χ1v) is 9.08. The average molecular weight is 371 g/mol. The Kier molecular flexibility index (Phi) is 4.53. The molecule has 4 aromatic rings. The lowest BCUT2D eigenvalue weighted by Crippen LogP contribution is -2.21. The van der Waals surface area contributed by atoms with Crippen LogP contribution in [0, 0.1) is 20.8 Å². The number of aryl methyl sites for hydroxylation is 3. The normalized spacial score (nSPS) is 10.8. The van der Waals surface area contributed by atoms with E-state index in [1.165, 1.54) is 0 Å². The zero-order chi connectivity index (χ0) is 19.7. The second-order valence-electron chi connectivity index (χ2n) is 6.80. The van der Waals surface area contributed by atoms with Gasteiger partial charge in [-0.3, -0.25) is 5.32 Å². The Labute approximate surface area is 163 Å². The van der Waals surface area contributed by atoms with Crippen LogP contribution in [0.2, 0.25) is 0 Å². The highest BCUT2D eigenvalue weighted by atomic mass is 16.2. The number of aromatic nitrogens is 3. The topological polar surface area (TPSA) is 71.8 Å². The molecule has 0 spiro atoms. The van der Waals surface area contributed by atoms with E-state index in [-0.39, 0.29) is 6.03 Å². The van der Waals surface area contributed by atoms with Crippen molar-refractivity contribution in [2.75, 3.05) is 10.6 Å². The predicted octanol–water partition coefficient (Wildman–Crippen LogP) is 4.99. The number of nitrogens with one attached hydrogen (secondary N) is 2. The number of fused-ring (bicyclic) bond motifs is 1. The molecule has 2 aromatic heterocycles. The highest BCUT2D eigenvalue weighted by Gasteiger charge is 2.14. The van der Waals surface area contributed by atoms with E-state index in [1.54, 1.807) is 4.68 Å². The first kappa shape index (κ1) is 17.7. The predicted molar refractivity (Wildman–Crippen MR) is 112 cm³/mol. The van der Waals surface area contributed by atoms with Gasteiger partial charge in [-0.25, -0.2) is 9.78 Å². The van der Waals surface area contributed by atoms with E-state index in [0.29, 0.717) is 11.6 Å². The Bertz CT molecular complexity index is 1160. The molecule has 2 aromatic carbocycles. The Morgan fingerprint density at radius 1 is 0.893 bits per heavy atom. The van der Waals surface area contributed by atoms with Crippen molar-refractivity contribution in [2.45, 2.75) is 20.8 Å². The molecule has 0 aliphatic heterocycles. The van der Waals surface area contributed by atoms with Gasteiger partial charge in [0, 0.05) is 17.1 Å². The molecular formula is C22H21N5O. The molecule has 0 radical (unpaired) electrons. The van der Waals surface area contributed by atoms with Gasteiger partial charge in [-0.05, 0) is 50.1 Å². The van der Waals surface area contributed by atoms with Crippen LogP contribution in [0.1, 0.15) is 16.8 Å². The fraction of sp³-hybridized carbons (Fsp3) is 0.136. The highest BCUT2D eigenvalue weighted by Crippen LogP contribution is 2.24. The maximum Gasteiger partial charge on any atom is 0.324 e. The van der Waals surface area contributed by atoms with E-state index in [4.69, 9.17) is 4.98 Å². The third-order valence-electron chi connectivity index (χ3n) is 4.56. The number of rotatable bonds is 3. The summed E-state index contributed by atoms with van der Waals surface area (Å²) in [5.74, 6) is 1.23. The summed E-state index contributed by atoms with van der Waals surface area (Å²) in [6.07, 6.45) is 0. The van der Waals surface area contributed by atoms with Crippen LogP contribution in [0.3, 0.4) is 0 Å². The molecule has 0 saturated carbocycles. The summed E-state index contributed by atoms with van der Waals surface area (Å²) < 4.78 is 1.67. The first-order valence-electron chi connectivity index (χ1n) is 9.08. The Morgan fingerprint density at radius 3 is 2.46 bits per heavy atom. The summed E-state index contributed by atoms with van der Waals surface area (Å²) in [6.45, 7) is 5.98. The Hall–Kier alpha value is -3.67. The second kappa shape index (κ2) is 7.15. The van der Waals surface area contributed by atoms with Gasteiger partial charge in [0.1, 0.15) is 5.82 Å². The van der Waals surface area contributed by atoms with E-state index < -0.39 is 0 Å². The zero-order valence-electron chi connectivity index (χ0n) is 16.0. The molecule has 2 amide bonds. The standard InChI is InChI=1S/C22H21N5O/c1-14-8-7-11-18-15(2)12-19(24-21(14)18)27-20(13-16(3)26-27)25-22(28)23-17-9-5-4-6-10-17/h4-13H,1-3H3,(H2,23,25,28). The number of hydrogen-bond acceptors (Lipinski definition) is 3. The fourth-order valence-electron chi connectivity index (χ4n) is 3.22. The van der Waals surface area contributed by atoms with Gasteiger partial charge in [-0.2, -0.15) is 9.78 Å². The Morgan fingerprint density at radius 2 is 1.68 bits per heavy atom. The van der Waals surface area contributed by atoms with Crippen LogP contribution in [0.4, 0.5) is 16.3 Å². The van der Waals surface area contributed by atoms with Gasteiger partial charge in [0.15, 0.2) is 5.82 Å². The van der Waals surface area contributed by atoms with Gasteiger partial charge < -0.3 is 5.32 Å². The van der Waals surface area contributed by atoms with Crippen LogP contribution < -0.4 is 10.6 Å². The van der Waals surface area contributed by atoms with Crippen LogP contribution in [-0.4, -0.2) is 20.8 Å². The van der Waals surface area contributed by atoms with Crippen molar-refractivity contribution in [3.8, 4) is 5.82 Å². The molecule has 0 bridgehead atoms. The molecule has 0 atom stereocenters. The van der Waals surface area contributed by atoms with Crippen LogP contribution in [-0.2, 0) is 0 Å². The lowest BCUT2D eigenvalue weighted by molar-refractivity contribution is 0.262. The minimum atomic E-state index is -0.332. The monoisotopic (exact) mass is 371 g/mol. The Balaban J connectivity index is 1.69. The smallest absolute Gasteiger partial charge is 0.308 e. The molecule has 0 saturated heterocycles. The molecule has 0 aliphatic carbocycles. The van der Waals surface area contributed by atoms with Crippen molar-refractivity contribution >= 4 is 28.4 Å². The molecular weight excluding hydrogens is 350 g/mol. The number of nitrogens with zero attached hydrogens (tertiary/aromatic N) is 3.